The van der Waals surface area contributed by atoms with E-state index in [0.717, 1.165) is 0 Å². The fourth-order valence-corrected chi connectivity index (χ4v) is 0.873. The number of rotatable bonds is 1. The van der Waals surface area contributed by atoms with Gasteiger partial charge in [-0.3, -0.25) is 0 Å². The quantitative estimate of drug-likeness (QED) is 0.620. The molecule has 0 fully saturated rings. The number of carboxylic acids is 1. The number of aromatic nitrogens is 2. The monoisotopic (exact) mass is 185 g/mol. The summed E-state index contributed by atoms with van der Waals surface area (Å²) in [6.45, 7) is 0. The molecule has 5 nitrogen and oxygen atoms in total. The van der Waals surface area contributed by atoms with Crippen LogP contribution >= 0.6 is 12.2 Å². The van der Waals surface area contributed by atoms with Crippen molar-refractivity contribution in [3.8, 4) is 0 Å². The molecule has 1 aromatic rings. The number of aryl methyl sites for hydroxylation is 1. The summed E-state index contributed by atoms with van der Waals surface area (Å²) in [4.78, 5) is 14.2. The van der Waals surface area contributed by atoms with Gasteiger partial charge >= 0.3 is 5.97 Å². The van der Waals surface area contributed by atoms with Crippen LogP contribution in [0.15, 0.2) is 6.20 Å². The highest BCUT2D eigenvalue weighted by Crippen LogP contribution is 2.06. The van der Waals surface area contributed by atoms with Gasteiger partial charge in [0.1, 0.15) is 11.4 Å². The molecule has 0 aliphatic rings. The lowest BCUT2D eigenvalue weighted by Crippen LogP contribution is -2.09. The summed E-state index contributed by atoms with van der Waals surface area (Å²) >= 11 is 4.77. The second-order valence-corrected chi connectivity index (χ2v) is 2.60. The molecule has 12 heavy (non-hydrogen) atoms. The Balaban J connectivity index is 3.43. The minimum absolute atomic E-state index is 0.0360. The first kappa shape index (κ1) is 8.66. The molecule has 0 saturated heterocycles. The number of nitrogens with zero attached hydrogens (tertiary/aromatic N) is 2. The second-order valence-electron chi connectivity index (χ2n) is 2.24. The molecule has 0 aromatic carbocycles. The van der Waals surface area contributed by atoms with E-state index in [2.05, 4.69) is 4.98 Å². The lowest BCUT2D eigenvalue weighted by atomic mass is 10.3. The van der Waals surface area contributed by atoms with Gasteiger partial charge in [-0.15, -0.1) is 0 Å². The zero-order chi connectivity index (χ0) is 9.30. The van der Waals surface area contributed by atoms with Crippen LogP contribution in [-0.4, -0.2) is 20.6 Å². The lowest BCUT2D eigenvalue weighted by Gasteiger charge is -2.02. The summed E-state index contributed by atoms with van der Waals surface area (Å²) in [6.07, 6.45) is 1.34. The number of aromatic carboxylic acids is 1. The molecule has 6 heteroatoms. The average molecular weight is 185 g/mol. The van der Waals surface area contributed by atoms with Gasteiger partial charge < -0.3 is 15.4 Å². The molecule has 1 rings (SSSR count). The van der Waals surface area contributed by atoms with Crippen molar-refractivity contribution >= 4 is 24.0 Å². The SMILES string of the molecule is Cn1cc(C(=O)O)c(N)nc1=S. The van der Waals surface area contributed by atoms with Crippen molar-refractivity contribution in [2.75, 3.05) is 5.73 Å². The van der Waals surface area contributed by atoms with E-state index < -0.39 is 5.97 Å². The largest absolute Gasteiger partial charge is 0.478 e. The van der Waals surface area contributed by atoms with Crippen LogP contribution in [0.3, 0.4) is 0 Å². The van der Waals surface area contributed by atoms with Crippen LogP contribution in [0.25, 0.3) is 0 Å². The molecule has 0 atom stereocenters. The Morgan fingerprint density at radius 3 is 2.92 bits per heavy atom. The summed E-state index contributed by atoms with van der Waals surface area (Å²) in [5.41, 5.74) is 5.28. The highest BCUT2D eigenvalue weighted by Gasteiger charge is 2.08. The van der Waals surface area contributed by atoms with Crippen molar-refractivity contribution in [1.29, 1.82) is 0 Å². The van der Waals surface area contributed by atoms with E-state index in [0.29, 0.717) is 0 Å². The lowest BCUT2D eigenvalue weighted by molar-refractivity contribution is 0.0696. The molecule has 0 aliphatic heterocycles. The van der Waals surface area contributed by atoms with Crippen LogP contribution < -0.4 is 5.73 Å². The summed E-state index contributed by atoms with van der Waals surface area (Å²) in [5, 5.41) is 8.61. The van der Waals surface area contributed by atoms with Crippen molar-refractivity contribution in [3.05, 3.63) is 16.5 Å². The summed E-state index contributed by atoms with van der Waals surface area (Å²) < 4.78 is 1.69. The Hall–Kier alpha value is -1.43. The summed E-state index contributed by atoms with van der Waals surface area (Å²) in [7, 11) is 1.61. The highest BCUT2D eigenvalue weighted by atomic mass is 32.1. The van der Waals surface area contributed by atoms with Gasteiger partial charge in [0, 0.05) is 13.2 Å². The fourth-order valence-electron chi connectivity index (χ4n) is 0.722. The number of hydrogen-bond acceptors (Lipinski definition) is 4. The minimum atomic E-state index is -1.11. The number of nitrogen functional groups attached to an aromatic ring is 1. The molecule has 3 N–H and O–H groups in total. The smallest absolute Gasteiger partial charge is 0.340 e. The van der Waals surface area contributed by atoms with Crippen LogP contribution in [0.4, 0.5) is 5.82 Å². The van der Waals surface area contributed by atoms with Crippen molar-refractivity contribution in [2.24, 2.45) is 7.05 Å². The average Bonchev–Trinajstić information content (AvgIpc) is 1.96. The molecule has 0 spiro atoms. The predicted molar refractivity (Wildman–Crippen MR) is 45.4 cm³/mol. The van der Waals surface area contributed by atoms with Gasteiger partial charge in [-0.2, -0.15) is 0 Å². The van der Waals surface area contributed by atoms with Gasteiger partial charge in [0.25, 0.3) is 0 Å². The molecule has 0 aliphatic carbocycles. The van der Waals surface area contributed by atoms with E-state index in [1.165, 1.54) is 10.8 Å². The minimum Gasteiger partial charge on any atom is -0.478 e. The van der Waals surface area contributed by atoms with Crippen molar-refractivity contribution in [3.63, 3.8) is 0 Å². The first-order valence-electron chi connectivity index (χ1n) is 3.09. The van der Waals surface area contributed by atoms with Gasteiger partial charge in [0.2, 0.25) is 4.77 Å². The Bertz CT molecular complexity index is 385. The van der Waals surface area contributed by atoms with Crippen LogP contribution in [0.1, 0.15) is 10.4 Å². The fraction of sp³-hybridized carbons (Fsp3) is 0.167. The van der Waals surface area contributed by atoms with Crippen LogP contribution in [-0.2, 0) is 7.05 Å². The van der Waals surface area contributed by atoms with E-state index in [-0.39, 0.29) is 16.2 Å². The molecule has 64 valence electrons. The van der Waals surface area contributed by atoms with Gasteiger partial charge in [-0.05, 0) is 12.2 Å². The molecular weight excluding hydrogens is 178 g/mol. The van der Waals surface area contributed by atoms with E-state index in [9.17, 15) is 4.79 Å². The maximum atomic E-state index is 10.5. The third-order valence-corrected chi connectivity index (χ3v) is 1.73. The highest BCUT2D eigenvalue weighted by molar-refractivity contribution is 7.71. The molecule has 1 aromatic heterocycles. The van der Waals surface area contributed by atoms with E-state index >= 15 is 0 Å². The molecule has 0 saturated carbocycles. The number of carbonyl (C=O) groups is 1. The van der Waals surface area contributed by atoms with E-state index in [1.807, 2.05) is 0 Å². The third-order valence-electron chi connectivity index (χ3n) is 1.35. The Kier molecular flexibility index (Phi) is 2.09. The normalized spacial score (nSPS) is 9.75. The number of nitrogens with two attached hydrogens (primary N) is 1. The van der Waals surface area contributed by atoms with Crippen LogP contribution in [0, 0.1) is 4.77 Å². The molecule has 0 unspecified atom stereocenters. The Morgan fingerprint density at radius 2 is 2.42 bits per heavy atom. The second kappa shape index (κ2) is 2.90. The zero-order valence-electron chi connectivity index (χ0n) is 6.31. The maximum absolute atomic E-state index is 10.5. The van der Waals surface area contributed by atoms with Crippen LogP contribution in [0.5, 0.6) is 0 Å². The van der Waals surface area contributed by atoms with E-state index in [1.54, 1.807) is 7.05 Å². The van der Waals surface area contributed by atoms with Crippen molar-refractivity contribution in [1.82, 2.24) is 9.55 Å². The molecule has 0 radical (unpaired) electrons. The topological polar surface area (TPSA) is 81.1 Å². The standard InChI is InChI=1S/C6H7N3O2S/c1-9-2-3(5(10)11)4(7)8-6(9)12/h2H,1H3,(H,10,11)(H2,7,8,12). The van der Waals surface area contributed by atoms with E-state index in [4.69, 9.17) is 23.1 Å². The molecule has 1 heterocycles. The zero-order valence-corrected chi connectivity index (χ0v) is 7.13. The van der Waals surface area contributed by atoms with Crippen LogP contribution in [0.2, 0.25) is 0 Å². The number of carboxylic acid groups (broad SMARTS) is 1. The van der Waals surface area contributed by atoms with Crippen molar-refractivity contribution < 1.29 is 9.90 Å². The van der Waals surface area contributed by atoms with Gasteiger partial charge in [0.15, 0.2) is 0 Å². The molecule has 0 amide bonds. The molecule has 0 bridgehead atoms. The first-order valence-corrected chi connectivity index (χ1v) is 3.49. The number of hydrogen-bond donors (Lipinski definition) is 2. The summed E-state index contributed by atoms with van der Waals surface area (Å²) in [6, 6.07) is 0. The van der Waals surface area contributed by atoms with Gasteiger partial charge in [0.05, 0.1) is 0 Å². The maximum Gasteiger partial charge on any atom is 0.340 e. The predicted octanol–water partition coefficient (Wildman–Crippen LogP) is 0.430. The van der Waals surface area contributed by atoms with Gasteiger partial charge in [-0.25, -0.2) is 9.78 Å². The Labute approximate surface area is 73.5 Å². The molecular formula is C6H7N3O2S. The first-order chi connectivity index (χ1) is 5.52. The van der Waals surface area contributed by atoms with Crippen molar-refractivity contribution in [2.45, 2.75) is 0 Å². The third kappa shape index (κ3) is 1.42. The Morgan fingerprint density at radius 1 is 1.83 bits per heavy atom. The summed E-state index contributed by atoms with van der Waals surface area (Å²) in [5.74, 6) is -1.16. The number of anilines is 1. The van der Waals surface area contributed by atoms with Gasteiger partial charge in [-0.1, -0.05) is 0 Å².